The van der Waals surface area contributed by atoms with Crippen LogP contribution in [0.25, 0.3) is 88.4 Å². The quantitative estimate of drug-likeness (QED) is 0.173. The van der Waals surface area contributed by atoms with Crippen LogP contribution in [-0.2, 0) is 0 Å². The molecule has 0 unspecified atom stereocenters. The summed E-state index contributed by atoms with van der Waals surface area (Å²) in [5.74, 6) is 0. The van der Waals surface area contributed by atoms with Gasteiger partial charge in [0.25, 0.3) is 0 Å². The third-order valence-corrected chi connectivity index (χ3v) is 9.10. The molecule has 2 aromatic heterocycles. The Balaban J connectivity index is 1.17. The van der Waals surface area contributed by atoms with E-state index in [2.05, 4.69) is 0 Å². The highest BCUT2D eigenvalue weighted by Gasteiger charge is 2.16. The molecule has 0 spiro atoms. The molecule has 2 heterocycles. The van der Waals surface area contributed by atoms with Crippen LogP contribution in [0.1, 0.15) is 28.9 Å². The Morgan fingerprint density at radius 1 is 0.373 bits per heavy atom. The summed E-state index contributed by atoms with van der Waals surface area (Å²) in [6.45, 7) is 1.40. The van der Waals surface area contributed by atoms with E-state index in [-0.39, 0.29) is 29.0 Å². The predicted octanol–water partition coefficient (Wildman–Crippen LogP) is 13.2. The van der Waals surface area contributed by atoms with Gasteiger partial charge in [0.1, 0.15) is 0 Å². The molecule has 2 heteroatoms. The van der Waals surface area contributed by atoms with Crippen molar-refractivity contribution in [3.05, 3.63) is 193 Å². The van der Waals surface area contributed by atoms with Crippen LogP contribution < -0.4 is 0 Å². The first-order valence-electron chi connectivity index (χ1n) is 24.7. The third-order valence-electron chi connectivity index (χ3n) is 9.10. The molecule has 0 saturated carbocycles. The Morgan fingerprint density at radius 2 is 0.843 bits per heavy atom. The van der Waals surface area contributed by atoms with Crippen LogP contribution in [0.15, 0.2) is 188 Å². The number of benzene rings is 8. The lowest BCUT2D eigenvalue weighted by Crippen LogP contribution is -1.94. The van der Waals surface area contributed by atoms with Gasteiger partial charge in [0, 0.05) is 32.9 Å². The Hall–Kier alpha value is -6.64. The zero-order valence-corrected chi connectivity index (χ0v) is 27.0. The van der Waals surface area contributed by atoms with E-state index < -0.39 is 113 Å². The van der Waals surface area contributed by atoms with Crippen molar-refractivity contribution in [2.24, 2.45) is 0 Å². The number of rotatable bonds is 5. The summed E-state index contributed by atoms with van der Waals surface area (Å²) in [6.07, 6.45) is 0. The van der Waals surface area contributed by atoms with Crippen molar-refractivity contribution >= 4 is 43.6 Å². The second-order valence-electron chi connectivity index (χ2n) is 12.1. The average molecular weight is 668 g/mol. The molecule has 0 aliphatic heterocycles. The summed E-state index contributed by atoms with van der Waals surface area (Å²) in [5, 5.41) is 2.95. The van der Waals surface area contributed by atoms with Crippen molar-refractivity contribution < 1.29 is 23.3 Å². The van der Waals surface area contributed by atoms with Gasteiger partial charge in [-0.05, 0) is 101 Å². The minimum absolute atomic E-state index is 0.0267. The van der Waals surface area contributed by atoms with Crippen molar-refractivity contribution in [3.8, 4) is 44.8 Å². The number of fused-ring (bicyclic) bond motifs is 6. The fourth-order valence-corrected chi connectivity index (χ4v) is 6.78. The highest BCUT2D eigenvalue weighted by atomic mass is 15.0. The molecule has 0 bridgehead atoms. The van der Waals surface area contributed by atoms with E-state index in [0.717, 1.165) is 21.9 Å². The van der Waals surface area contributed by atoms with Crippen LogP contribution in [0.2, 0.25) is 0 Å². The molecule has 240 valence electrons. The van der Waals surface area contributed by atoms with E-state index >= 15 is 0 Å². The van der Waals surface area contributed by atoms with Crippen molar-refractivity contribution in [1.29, 1.82) is 0 Å². The normalized spacial score (nSPS) is 16.3. The first-order chi connectivity index (χ1) is 32.3. The summed E-state index contributed by atoms with van der Waals surface area (Å²) >= 11 is 0. The molecule has 0 N–H and O–H groups in total. The number of nitrogens with zero attached hydrogens (tertiary/aromatic N) is 2. The van der Waals surface area contributed by atoms with Gasteiger partial charge in [0.05, 0.1) is 45.4 Å². The molecule has 10 rings (SSSR count). The van der Waals surface area contributed by atoms with Crippen LogP contribution in [0, 0.1) is 6.92 Å². The van der Waals surface area contributed by atoms with Crippen molar-refractivity contribution in [2.75, 3.05) is 0 Å². The van der Waals surface area contributed by atoms with E-state index in [0.29, 0.717) is 32.8 Å². The predicted molar refractivity (Wildman–Crippen MR) is 216 cm³/mol. The Bertz CT molecular complexity index is 3820. The first-order valence-corrected chi connectivity index (χ1v) is 16.2. The number of para-hydroxylation sites is 3. The lowest BCUT2D eigenvalue weighted by atomic mass is 9.99. The van der Waals surface area contributed by atoms with Crippen molar-refractivity contribution in [2.45, 2.75) is 6.92 Å². The van der Waals surface area contributed by atoms with Gasteiger partial charge in [-0.1, -0.05) is 133 Å². The minimum atomic E-state index is -0.733. The summed E-state index contributed by atoms with van der Waals surface area (Å²) in [5.41, 5.74) is 1.91. The van der Waals surface area contributed by atoms with E-state index in [1.807, 2.05) is 66.7 Å². The van der Waals surface area contributed by atoms with Gasteiger partial charge < -0.3 is 9.13 Å². The molecule has 0 amide bonds. The van der Waals surface area contributed by atoms with E-state index in [4.69, 9.17) is 20.6 Å². The van der Waals surface area contributed by atoms with Gasteiger partial charge in [-0.25, -0.2) is 0 Å². The fourth-order valence-electron chi connectivity index (χ4n) is 6.78. The monoisotopic (exact) mass is 667 g/mol. The highest BCUT2D eigenvalue weighted by Crippen LogP contribution is 2.38. The molecule has 0 fully saturated rings. The Kier molecular flexibility index (Phi) is 3.88. The zero-order valence-electron chi connectivity index (χ0n) is 44.0. The standard InChI is InChI=1S/C49H34N2/c1-33-18-20-34(21-19-33)35-22-24-36(25-23-35)37-10-9-13-41(30-37)51-47-17-8-6-15-43(47)45-32-39(27-29-49(45)51)38-26-28-48-44(31-38)42-14-5-7-16-46(42)50(48)40-11-3-2-4-12-40/h2-32H,1H3/i2D,3D,4D,9D,10D,11D,12D,13D,18D,19D,20D,21D,22D,23D,24D,25D,30D. The van der Waals surface area contributed by atoms with Crippen LogP contribution in [0.3, 0.4) is 0 Å². The number of hydrogen-bond donors (Lipinski definition) is 0. The molecule has 0 atom stereocenters. The SMILES string of the molecule is [2H]c1c([2H])c([2H])c(-n2c3ccccc3c3cc(-c4ccc5c(c4)c4ccccc4n5-c4c([2H])c([2H])c([2H])c(-c5c([2H])c([2H])c(-c6c([2H])c([2H])c(C)c([2H])c6[2H])c([2H])c5[2H])c4[2H])ccc32)c([2H])c1[2H]. The van der Waals surface area contributed by atoms with E-state index in [9.17, 15) is 2.74 Å². The lowest BCUT2D eigenvalue weighted by Gasteiger charge is -2.11. The summed E-state index contributed by atoms with van der Waals surface area (Å²) in [6, 6.07) is 16.7. The molecule has 8 aromatic carbocycles. The van der Waals surface area contributed by atoms with Gasteiger partial charge in [0.15, 0.2) is 0 Å². The largest absolute Gasteiger partial charge is 0.309 e. The zero-order chi connectivity index (χ0) is 48.7. The van der Waals surface area contributed by atoms with Crippen LogP contribution in [-0.4, -0.2) is 9.13 Å². The molecule has 0 aliphatic carbocycles. The van der Waals surface area contributed by atoms with Gasteiger partial charge in [0.2, 0.25) is 0 Å². The van der Waals surface area contributed by atoms with Crippen LogP contribution in [0.5, 0.6) is 0 Å². The van der Waals surface area contributed by atoms with E-state index in [1.165, 1.54) is 6.92 Å². The Labute approximate surface area is 321 Å². The Morgan fingerprint density at radius 3 is 1.43 bits per heavy atom. The van der Waals surface area contributed by atoms with Gasteiger partial charge in [-0.2, -0.15) is 0 Å². The molecule has 51 heavy (non-hydrogen) atoms. The van der Waals surface area contributed by atoms with E-state index in [1.54, 1.807) is 27.3 Å². The molecule has 10 aromatic rings. The van der Waals surface area contributed by atoms with Crippen LogP contribution in [0.4, 0.5) is 0 Å². The van der Waals surface area contributed by atoms with Crippen molar-refractivity contribution in [1.82, 2.24) is 9.13 Å². The molecule has 0 saturated heterocycles. The highest BCUT2D eigenvalue weighted by molar-refractivity contribution is 6.12. The van der Waals surface area contributed by atoms with Gasteiger partial charge in [-0.3, -0.25) is 0 Å². The second kappa shape index (κ2) is 11.8. The first kappa shape index (κ1) is 16.8. The molecular formula is C49H34N2. The molecular weight excluding hydrogens is 617 g/mol. The third kappa shape index (κ3) is 4.87. The maximum absolute atomic E-state index is 9.63. The topological polar surface area (TPSA) is 9.86 Å². The molecule has 0 aliphatic rings. The summed E-state index contributed by atoms with van der Waals surface area (Å²) in [7, 11) is 0. The summed E-state index contributed by atoms with van der Waals surface area (Å²) < 4.78 is 153. The van der Waals surface area contributed by atoms with Gasteiger partial charge in [-0.15, -0.1) is 0 Å². The maximum Gasteiger partial charge on any atom is 0.0651 e. The van der Waals surface area contributed by atoms with Gasteiger partial charge >= 0.3 is 0 Å². The number of hydrogen-bond acceptors (Lipinski definition) is 0. The molecule has 2 nitrogen and oxygen atoms in total. The summed E-state index contributed by atoms with van der Waals surface area (Å²) in [4.78, 5) is 0. The molecule has 0 radical (unpaired) electrons. The fraction of sp³-hybridized carbons (Fsp3) is 0.0204. The smallest absolute Gasteiger partial charge is 0.0651 e. The second-order valence-corrected chi connectivity index (χ2v) is 12.1. The average Bonchev–Trinajstić information content (AvgIpc) is 3.84. The number of aromatic nitrogens is 2. The maximum atomic E-state index is 9.63. The lowest BCUT2D eigenvalue weighted by molar-refractivity contribution is 1.18. The minimum Gasteiger partial charge on any atom is -0.309 e. The van der Waals surface area contributed by atoms with Crippen molar-refractivity contribution in [3.63, 3.8) is 0 Å². The van der Waals surface area contributed by atoms with Crippen LogP contribution >= 0.6 is 0 Å².